The Kier molecular flexibility index (Phi) is 9.18. The molecule has 11 heteroatoms. The van der Waals surface area contributed by atoms with Gasteiger partial charge in [-0.25, -0.2) is 4.98 Å². The third kappa shape index (κ3) is 14.2. The summed E-state index contributed by atoms with van der Waals surface area (Å²) in [6, 6.07) is 7.85. The van der Waals surface area contributed by atoms with Crippen LogP contribution < -0.4 is 5.73 Å². The highest BCUT2D eigenvalue weighted by Gasteiger charge is 2.12. The Morgan fingerprint density at radius 3 is 2.09 bits per heavy atom. The summed E-state index contributed by atoms with van der Waals surface area (Å²) < 4.78 is 31.6. The lowest BCUT2D eigenvalue weighted by Gasteiger charge is -2.01. The van der Waals surface area contributed by atoms with E-state index in [2.05, 4.69) is 9.97 Å². The van der Waals surface area contributed by atoms with Crippen molar-refractivity contribution in [3.05, 3.63) is 48.5 Å². The minimum atomic E-state index is -4.67. The quantitative estimate of drug-likeness (QED) is 0.418. The summed E-state index contributed by atoms with van der Waals surface area (Å²) in [5.74, 6) is -0.685. The van der Waals surface area contributed by atoms with Crippen LogP contribution >= 0.6 is 0 Å². The van der Waals surface area contributed by atoms with Crippen molar-refractivity contribution in [2.24, 2.45) is 5.73 Å². The second-order valence-electron chi connectivity index (χ2n) is 3.99. The minimum absolute atomic E-state index is 0.263. The summed E-state index contributed by atoms with van der Waals surface area (Å²) in [7, 11) is -4.67. The Bertz CT molecular complexity index is 651. The number of aliphatic carboxylic acids is 1. The number of H-pyrrole nitrogens is 1. The van der Waals surface area contributed by atoms with Gasteiger partial charge in [0.1, 0.15) is 11.8 Å². The zero-order valence-electron chi connectivity index (χ0n) is 11.8. The van der Waals surface area contributed by atoms with Gasteiger partial charge in [-0.2, -0.15) is 8.42 Å². The van der Waals surface area contributed by atoms with Gasteiger partial charge in [0.15, 0.2) is 0 Å². The number of hydrogen-bond donors (Lipinski definition) is 6. The van der Waals surface area contributed by atoms with Gasteiger partial charge in [-0.05, 0) is 12.1 Å². The smallest absolute Gasteiger partial charge is 0.394 e. The van der Waals surface area contributed by atoms with Gasteiger partial charge in [0.25, 0.3) is 0 Å². The number of benzene rings is 1. The molecule has 23 heavy (non-hydrogen) atoms. The number of hydrogen-bond acceptors (Lipinski definition) is 6. The van der Waals surface area contributed by atoms with Crippen LogP contribution in [-0.4, -0.2) is 49.7 Å². The second-order valence-corrected chi connectivity index (χ2v) is 4.89. The van der Waals surface area contributed by atoms with Crippen LogP contribution in [0.15, 0.2) is 42.9 Å². The van der Waals surface area contributed by atoms with Gasteiger partial charge in [-0.15, -0.1) is 0 Å². The van der Waals surface area contributed by atoms with Crippen molar-refractivity contribution in [2.45, 2.75) is 12.5 Å². The van der Waals surface area contributed by atoms with E-state index in [-0.39, 0.29) is 6.42 Å². The van der Waals surface area contributed by atoms with Crippen molar-refractivity contribution in [2.75, 3.05) is 0 Å². The number of carboxylic acid groups (broad SMARTS) is 1. The number of rotatable bonds is 3. The SMILES string of the molecule is N[C@@H](Cc1c[nH]cn1)C(=O)O.O=S(=O)(O)O.Oc1ccccc1. The van der Waals surface area contributed by atoms with E-state index in [4.69, 9.17) is 33.5 Å². The normalized spacial score (nSPS) is 11.3. The van der Waals surface area contributed by atoms with Gasteiger partial charge >= 0.3 is 16.4 Å². The molecule has 0 amide bonds. The molecular formula is C12H17N3O7S. The predicted octanol–water partition coefficient (Wildman–Crippen LogP) is 0.104. The zero-order valence-corrected chi connectivity index (χ0v) is 12.6. The lowest BCUT2D eigenvalue weighted by Crippen LogP contribution is -2.32. The third-order valence-corrected chi connectivity index (χ3v) is 2.06. The molecule has 0 radical (unpaired) electrons. The summed E-state index contributed by atoms with van der Waals surface area (Å²) in [5.41, 5.74) is 5.92. The van der Waals surface area contributed by atoms with Crippen LogP contribution in [0.25, 0.3) is 0 Å². The number of nitrogens with two attached hydrogens (primary N) is 1. The van der Waals surface area contributed by atoms with Gasteiger partial charge < -0.3 is 20.9 Å². The van der Waals surface area contributed by atoms with E-state index in [0.29, 0.717) is 11.4 Å². The maximum absolute atomic E-state index is 10.3. The first-order valence-electron chi connectivity index (χ1n) is 5.99. The molecule has 1 atom stereocenters. The average Bonchev–Trinajstić information content (AvgIpc) is 2.91. The van der Waals surface area contributed by atoms with Gasteiger partial charge in [-0.3, -0.25) is 13.9 Å². The summed E-state index contributed by atoms with van der Waals surface area (Å²) in [4.78, 5) is 16.8. The van der Waals surface area contributed by atoms with Gasteiger partial charge in [0.05, 0.1) is 12.0 Å². The number of carboxylic acids is 1. The number of aromatic amines is 1. The minimum Gasteiger partial charge on any atom is -0.508 e. The molecule has 10 nitrogen and oxygen atoms in total. The molecule has 0 unspecified atom stereocenters. The van der Waals surface area contributed by atoms with Gasteiger partial charge in [0, 0.05) is 12.6 Å². The first-order chi connectivity index (χ1) is 10.6. The van der Waals surface area contributed by atoms with Crippen molar-refractivity contribution in [3.8, 4) is 5.75 Å². The molecule has 1 heterocycles. The maximum atomic E-state index is 10.3. The summed E-state index contributed by atoms with van der Waals surface area (Å²) >= 11 is 0. The average molecular weight is 347 g/mol. The summed E-state index contributed by atoms with van der Waals surface area (Å²) in [6.07, 6.45) is 3.38. The van der Waals surface area contributed by atoms with Gasteiger partial charge in [-0.1, -0.05) is 18.2 Å². The first kappa shape index (κ1) is 20.5. The lowest BCUT2D eigenvalue weighted by molar-refractivity contribution is -0.138. The molecule has 0 spiro atoms. The molecule has 2 rings (SSSR count). The molecule has 0 saturated carbocycles. The van der Waals surface area contributed by atoms with E-state index >= 15 is 0 Å². The summed E-state index contributed by atoms with van der Waals surface area (Å²) in [5, 5.41) is 17.1. The molecule has 0 aliphatic rings. The number of phenols is 1. The standard InChI is InChI=1S/C6H9N3O2.C6H6O.H2O4S/c7-5(6(10)11)1-4-2-8-3-9-4;7-6-4-2-1-3-5-6;1-5(2,3)4/h2-3,5H,1,7H2,(H,8,9)(H,10,11);1-5,7H;(H2,1,2,3,4)/t5-;;/m0../s1. The topological polar surface area (TPSA) is 187 Å². The van der Waals surface area contributed by atoms with Crippen molar-refractivity contribution in [1.82, 2.24) is 9.97 Å². The lowest BCUT2D eigenvalue weighted by atomic mass is 10.2. The molecule has 0 aliphatic carbocycles. The Morgan fingerprint density at radius 1 is 1.26 bits per heavy atom. The van der Waals surface area contributed by atoms with E-state index < -0.39 is 22.4 Å². The van der Waals surface area contributed by atoms with Crippen LogP contribution in [0.2, 0.25) is 0 Å². The maximum Gasteiger partial charge on any atom is 0.394 e. The number of para-hydroxylation sites is 1. The third-order valence-electron chi connectivity index (χ3n) is 2.06. The Morgan fingerprint density at radius 2 is 1.78 bits per heavy atom. The molecule has 0 saturated heterocycles. The van der Waals surface area contributed by atoms with Crippen molar-refractivity contribution in [3.63, 3.8) is 0 Å². The van der Waals surface area contributed by atoms with E-state index in [9.17, 15) is 4.79 Å². The van der Waals surface area contributed by atoms with E-state index in [1.807, 2.05) is 6.07 Å². The van der Waals surface area contributed by atoms with Crippen molar-refractivity contribution < 1.29 is 32.5 Å². The van der Waals surface area contributed by atoms with E-state index in [1.54, 1.807) is 30.5 Å². The number of phenolic OH excluding ortho intramolecular Hbond substituents is 1. The molecule has 2 aromatic rings. The van der Waals surface area contributed by atoms with E-state index in [0.717, 1.165) is 0 Å². The van der Waals surface area contributed by atoms with Crippen LogP contribution in [0.1, 0.15) is 5.69 Å². The second kappa shape index (κ2) is 10.3. The fraction of sp³-hybridized carbons (Fsp3) is 0.167. The van der Waals surface area contributed by atoms with Crippen LogP contribution in [-0.2, 0) is 21.6 Å². The van der Waals surface area contributed by atoms with Crippen molar-refractivity contribution in [1.29, 1.82) is 0 Å². The molecule has 0 bridgehead atoms. The highest BCUT2D eigenvalue weighted by molar-refractivity contribution is 7.79. The molecule has 128 valence electrons. The van der Waals surface area contributed by atoms with E-state index in [1.165, 1.54) is 6.33 Å². The number of carbonyl (C=O) groups is 1. The fourth-order valence-electron chi connectivity index (χ4n) is 1.14. The Labute approximate surface area is 132 Å². The van der Waals surface area contributed by atoms with Crippen LogP contribution in [0, 0.1) is 0 Å². The molecular weight excluding hydrogens is 330 g/mol. The van der Waals surface area contributed by atoms with Crippen LogP contribution in [0.3, 0.4) is 0 Å². The number of aromatic hydroxyl groups is 1. The Hall–Kier alpha value is -2.47. The van der Waals surface area contributed by atoms with Crippen LogP contribution in [0.4, 0.5) is 0 Å². The van der Waals surface area contributed by atoms with Crippen molar-refractivity contribution >= 4 is 16.4 Å². The highest BCUT2D eigenvalue weighted by atomic mass is 32.3. The number of nitrogens with zero attached hydrogens (tertiary/aromatic N) is 1. The van der Waals surface area contributed by atoms with Crippen LogP contribution in [0.5, 0.6) is 5.75 Å². The first-order valence-corrected chi connectivity index (χ1v) is 7.39. The number of nitrogens with one attached hydrogen (secondary N) is 1. The molecule has 0 fully saturated rings. The monoisotopic (exact) mass is 347 g/mol. The highest BCUT2D eigenvalue weighted by Crippen LogP contribution is 2.02. The number of aromatic nitrogens is 2. The van der Waals surface area contributed by atoms with Gasteiger partial charge in [0.2, 0.25) is 0 Å². The molecule has 1 aromatic heterocycles. The predicted molar refractivity (Wildman–Crippen MR) is 80.2 cm³/mol. The fourth-order valence-corrected chi connectivity index (χ4v) is 1.14. The molecule has 7 N–H and O–H groups in total. The molecule has 0 aliphatic heterocycles. The summed E-state index contributed by atoms with van der Waals surface area (Å²) in [6.45, 7) is 0. The number of imidazole rings is 1. The largest absolute Gasteiger partial charge is 0.508 e. The Balaban J connectivity index is 0.000000347. The molecule has 1 aromatic carbocycles. The zero-order chi connectivity index (χ0) is 17.9.